The topological polar surface area (TPSA) is 58.1 Å². The van der Waals surface area contributed by atoms with E-state index in [4.69, 9.17) is 0 Å². The molecule has 5 heteroatoms. The summed E-state index contributed by atoms with van der Waals surface area (Å²) in [6.07, 6.45) is 7.33. The van der Waals surface area contributed by atoms with Crippen molar-refractivity contribution in [3.8, 4) is 0 Å². The zero-order valence-electron chi connectivity index (χ0n) is 11.7. The Hall–Kier alpha value is -1.65. The molecular weight excluding hydrogens is 240 g/mol. The Bertz CT molecular complexity index is 427. The van der Waals surface area contributed by atoms with Crippen LogP contribution in [0, 0.1) is 5.92 Å². The highest BCUT2D eigenvalue weighted by Gasteiger charge is 2.18. The zero-order chi connectivity index (χ0) is 13.7. The molecule has 0 bridgehead atoms. The number of carbonyl (C=O) groups excluding carboxylic acids is 1. The number of amides is 1. The highest BCUT2D eigenvalue weighted by molar-refractivity contribution is 5.76. The number of nitrogens with zero attached hydrogens (tertiary/aromatic N) is 3. The van der Waals surface area contributed by atoms with Crippen molar-refractivity contribution in [2.75, 3.05) is 19.0 Å². The van der Waals surface area contributed by atoms with Crippen molar-refractivity contribution in [1.29, 1.82) is 0 Å². The fourth-order valence-corrected chi connectivity index (χ4v) is 2.44. The average molecular weight is 262 g/mol. The van der Waals surface area contributed by atoms with Crippen LogP contribution in [0.3, 0.4) is 0 Å². The molecule has 0 unspecified atom stereocenters. The van der Waals surface area contributed by atoms with Crippen molar-refractivity contribution in [3.05, 3.63) is 18.0 Å². The van der Waals surface area contributed by atoms with Crippen molar-refractivity contribution in [3.63, 3.8) is 0 Å². The molecule has 1 saturated carbocycles. The molecular formula is C14H22N4O. The van der Waals surface area contributed by atoms with Crippen LogP contribution in [-0.2, 0) is 11.3 Å². The summed E-state index contributed by atoms with van der Waals surface area (Å²) >= 11 is 0. The maximum Gasteiger partial charge on any atom is 0.225 e. The lowest BCUT2D eigenvalue weighted by atomic mass is 10.0. The molecule has 0 saturated heterocycles. The maximum absolute atomic E-state index is 11.8. The number of anilines is 1. The molecule has 0 radical (unpaired) electrons. The van der Waals surface area contributed by atoms with Crippen molar-refractivity contribution < 1.29 is 4.79 Å². The molecule has 1 aromatic rings. The van der Waals surface area contributed by atoms with E-state index >= 15 is 0 Å². The second-order valence-corrected chi connectivity index (χ2v) is 5.37. The van der Waals surface area contributed by atoms with Gasteiger partial charge in [0.2, 0.25) is 11.9 Å². The van der Waals surface area contributed by atoms with Gasteiger partial charge in [0.25, 0.3) is 0 Å². The average Bonchev–Trinajstić information content (AvgIpc) is 2.89. The van der Waals surface area contributed by atoms with E-state index < -0.39 is 0 Å². The van der Waals surface area contributed by atoms with Crippen LogP contribution in [-0.4, -0.2) is 30.0 Å². The summed E-state index contributed by atoms with van der Waals surface area (Å²) in [6.45, 7) is 0.481. The van der Waals surface area contributed by atoms with Crippen LogP contribution in [0.2, 0.25) is 0 Å². The Morgan fingerprint density at radius 3 is 2.84 bits per heavy atom. The van der Waals surface area contributed by atoms with E-state index in [-0.39, 0.29) is 5.91 Å². The van der Waals surface area contributed by atoms with Crippen LogP contribution in [0.4, 0.5) is 5.95 Å². The van der Waals surface area contributed by atoms with Gasteiger partial charge in [-0.2, -0.15) is 0 Å². The Balaban J connectivity index is 1.80. The largest absolute Gasteiger partial charge is 0.350 e. The van der Waals surface area contributed by atoms with Crippen molar-refractivity contribution in [2.24, 2.45) is 5.92 Å². The molecule has 19 heavy (non-hydrogen) atoms. The minimum Gasteiger partial charge on any atom is -0.350 e. The van der Waals surface area contributed by atoms with Gasteiger partial charge in [-0.3, -0.25) is 4.79 Å². The maximum atomic E-state index is 11.8. The smallest absolute Gasteiger partial charge is 0.225 e. The van der Waals surface area contributed by atoms with Crippen molar-refractivity contribution >= 4 is 11.9 Å². The summed E-state index contributed by atoms with van der Waals surface area (Å²) < 4.78 is 0. The molecule has 5 nitrogen and oxygen atoms in total. The molecule has 1 aliphatic carbocycles. The van der Waals surface area contributed by atoms with Gasteiger partial charge in [0.15, 0.2) is 0 Å². The van der Waals surface area contributed by atoms with Gasteiger partial charge in [0, 0.05) is 26.7 Å². The molecule has 0 spiro atoms. The van der Waals surface area contributed by atoms with Crippen LogP contribution in [0.15, 0.2) is 12.3 Å². The SMILES string of the molecule is CN(C)c1nccc(CNC(=O)CC2CCCC2)n1. The fourth-order valence-electron chi connectivity index (χ4n) is 2.44. The van der Waals surface area contributed by atoms with E-state index in [0.29, 0.717) is 24.8 Å². The molecule has 1 N–H and O–H groups in total. The first-order chi connectivity index (χ1) is 9.15. The third-order valence-corrected chi connectivity index (χ3v) is 3.52. The van der Waals surface area contributed by atoms with Gasteiger partial charge in [-0.15, -0.1) is 0 Å². The minimum atomic E-state index is 0.136. The Labute approximate surface area is 114 Å². The molecule has 1 aromatic heterocycles. The molecule has 2 rings (SSSR count). The standard InChI is InChI=1S/C14H22N4O/c1-18(2)14-15-8-7-12(17-14)10-16-13(19)9-11-5-3-4-6-11/h7-8,11H,3-6,9-10H2,1-2H3,(H,16,19). The quantitative estimate of drug-likeness (QED) is 0.878. The lowest BCUT2D eigenvalue weighted by Crippen LogP contribution is -2.25. The highest BCUT2D eigenvalue weighted by atomic mass is 16.1. The number of hydrogen-bond acceptors (Lipinski definition) is 4. The third-order valence-electron chi connectivity index (χ3n) is 3.52. The Morgan fingerprint density at radius 1 is 1.42 bits per heavy atom. The molecule has 1 heterocycles. The second kappa shape index (κ2) is 6.50. The van der Waals surface area contributed by atoms with Gasteiger partial charge in [-0.1, -0.05) is 12.8 Å². The Morgan fingerprint density at radius 2 is 2.16 bits per heavy atom. The molecule has 0 aromatic carbocycles. The van der Waals surface area contributed by atoms with Gasteiger partial charge in [-0.05, 0) is 24.8 Å². The lowest BCUT2D eigenvalue weighted by Gasteiger charge is -2.12. The summed E-state index contributed by atoms with van der Waals surface area (Å²) in [4.78, 5) is 22.2. The summed E-state index contributed by atoms with van der Waals surface area (Å²) in [7, 11) is 3.80. The predicted molar refractivity (Wildman–Crippen MR) is 74.8 cm³/mol. The fraction of sp³-hybridized carbons (Fsp3) is 0.643. The van der Waals surface area contributed by atoms with Gasteiger partial charge >= 0.3 is 0 Å². The normalized spacial score (nSPS) is 15.5. The summed E-state index contributed by atoms with van der Waals surface area (Å²) in [6, 6.07) is 1.84. The molecule has 0 aliphatic heterocycles. The van der Waals surface area contributed by atoms with Crippen LogP contribution < -0.4 is 10.2 Å². The molecule has 1 amide bonds. The first-order valence-electron chi connectivity index (χ1n) is 6.91. The predicted octanol–water partition coefficient (Wildman–Crippen LogP) is 1.74. The first-order valence-corrected chi connectivity index (χ1v) is 6.91. The monoisotopic (exact) mass is 262 g/mol. The van der Waals surface area contributed by atoms with E-state index in [0.717, 1.165) is 5.69 Å². The molecule has 104 valence electrons. The third kappa shape index (κ3) is 4.19. The van der Waals surface area contributed by atoms with E-state index in [2.05, 4.69) is 15.3 Å². The summed E-state index contributed by atoms with van der Waals surface area (Å²) in [5.41, 5.74) is 0.846. The molecule has 0 atom stereocenters. The van der Waals surface area contributed by atoms with Gasteiger partial charge in [0.1, 0.15) is 0 Å². The molecule has 1 aliphatic rings. The zero-order valence-corrected chi connectivity index (χ0v) is 11.7. The van der Waals surface area contributed by atoms with E-state index in [1.54, 1.807) is 6.20 Å². The molecule has 1 fully saturated rings. The number of carbonyl (C=O) groups is 1. The van der Waals surface area contributed by atoms with Crippen LogP contribution in [0.1, 0.15) is 37.8 Å². The van der Waals surface area contributed by atoms with E-state index in [1.165, 1.54) is 25.7 Å². The van der Waals surface area contributed by atoms with Gasteiger partial charge in [-0.25, -0.2) is 9.97 Å². The van der Waals surface area contributed by atoms with E-state index in [9.17, 15) is 4.79 Å². The van der Waals surface area contributed by atoms with Crippen LogP contribution in [0.5, 0.6) is 0 Å². The summed E-state index contributed by atoms with van der Waals surface area (Å²) in [5.74, 6) is 1.39. The number of nitrogens with one attached hydrogen (secondary N) is 1. The van der Waals surface area contributed by atoms with Crippen molar-refractivity contribution in [1.82, 2.24) is 15.3 Å². The first kappa shape index (κ1) is 13.8. The Kier molecular flexibility index (Phi) is 4.71. The number of aromatic nitrogens is 2. The number of hydrogen-bond donors (Lipinski definition) is 1. The van der Waals surface area contributed by atoms with Crippen LogP contribution >= 0.6 is 0 Å². The van der Waals surface area contributed by atoms with Crippen LogP contribution in [0.25, 0.3) is 0 Å². The minimum absolute atomic E-state index is 0.136. The number of rotatable bonds is 5. The van der Waals surface area contributed by atoms with Crippen molar-refractivity contribution in [2.45, 2.75) is 38.6 Å². The van der Waals surface area contributed by atoms with E-state index in [1.807, 2.05) is 25.1 Å². The second-order valence-electron chi connectivity index (χ2n) is 5.37. The highest BCUT2D eigenvalue weighted by Crippen LogP contribution is 2.27. The van der Waals surface area contributed by atoms with Gasteiger partial charge in [0.05, 0.1) is 12.2 Å². The summed E-state index contributed by atoms with van der Waals surface area (Å²) in [5, 5.41) is 2.94. The van der Waals surface area contributed by atoms with Gasteiger partial charge < -0.3 is 10.2 Å². The lowest BCUT2D eigenvalue weighted by molar-refractivity contribution is -0.122.